The van der Waals surface area contributed by atoms with E-state index in [9.17, 15) is 14.7 Å². The predicted molar refractivity (Wildman–Crippen MR) is 85.9 cm³/mol. The monoisotopic (exact) mass is 311 g/mol. The molecule has 6 nitrogen and oxygen atoms in total. The molecular formula is C17H17N3O3. The number of aliphatic hydroxyl groups excluding tert-OH is 1. The summed E-state index contributed by atoms with van der Waals surface area (Å²) in [6.45, 7) is 1.11. The fourth-order valence-corrected chi connectivity index (χ4v) is 3.36. The number of carbonyl (C=O) groups excluding carboxylic acids is 1. The summed E-state index contributed by atoms with van der Waals surface area (Å²) in [6, 6.07) is 12.2. The Kier molecular flexibility index (Phi) is 3.20. The molecular weight excluding hydrogens is 294 g/mol. The second-order valence-electron chi connectivity index (χ2n) is 5.94. The molecule has 2 aromatic rings. The molecule has 1 unspecified atom stereocenters. The molecule has 0 aliphatic carbocycles. The molecule has 23 heavy (non-hydrogen) atoms. The predicted octanol–water partition coefficient (Wildman–Crippen LogP) is 1.21. The minimum atomic E-state index is -0.439. The van der Waals surface area contributed by atoms with Gasteiger partial charge in [-0.2, -0.15) is 0 Å². The zero-order chi connectivity index (χ0) is 16.0. The Morgan fingerprint density at radius 3 is 2.43 bits per heavy atom. The Bertz CT molecular complexity index is 799. The first-order chi connectivity index (χ1) is 11.1. The van der Waals surface area contributed by atoms with Gasteiger partial charge in [0.25, 0.3) is 5.56 Å². The molecule has 3 heterocycles. The number of carbonyl (C=O) groups is 1. The summed E-state index contributed by atoms with van der Waals surface area (Å²) in [5.41, 5.74) is 1.44. The van der Waals surface area contributed by atoms with Crippen LogP contribution in [0.4, 0.5) is 10.5 Å². The van der Waals surface area contributed by atoms with E-state index < -0.39 is 6.10 Å². The Morgan fingerprint density at radius 2 is 1.74 bits per heavy atom. The summed E-state index contributed by atoms with van der Waals surface area (Å²) in [4.78, 5) is 27.7. The van der Waals surface area contributed by atoms with Crippen molar-refractivity contribution in [1.82, 2.24) is 9.47 Å². The molecule has 6 heteroatoms. The molecule has 2 aliphatic rings. The van der Waals surface area contributed by atoms with Crippen LogP contribution in [0.3, 0.4) is 0 Å². The molecule has 0 radical (unpaired) electrons. The lowest BCUT2D eigenvalue weighted by Crippen LogP contribution is -2.32. The number of aliphatic hydroxyl groups is 1. The fourth-order valence-electron chi connectivity index (χ4n) is 3.36. The number of hydrogen-bond acceptors (Lipinski definition) is 3. The first-order valence-electron chi connectivity index (χ1n) is 7.69. The third kappa shape index (κ3) is 2.22. The van der Waals surface area contributed by atoms with Crippen molar-refractivity contribution in [3.63, 3.8) is 0 Å². The summed E-state index contributed by atoms with van der Waals surface area (Å²) in [5.74, 6) is 0. The van der Waals surface area contributed by atoms with Gasteiger partial charge in [0.2, 0.25) is 0 Å². The number of anilines is 1. The van der Waals surface area contributed by atoms with Crippen LogP contribution in [0.25, 0.3) is 5.69 Å². The zero-order valence-corrected chi connectivity index (χ0v) is 12.5. The number of hydrogen-bond donors (Lipinski definition) is 1. The van der Waals surface area contributed by atoms with E-state index in [0.717, 1.165) is 11.4 Å². The topological polar surface area (TPSA) is 65.8 Å². The Balaban J connectivity index is 1.61. The second kappa shape index (κ2) is 5.24. The van der Waals surface area contributed by atoms with Gasteiger partial charge in [0, 0.05) is 30.2 Å². The molecule has 118 valence electrons. The van der Waals surface area contributed by atoms with E-state index in [0.29, 0.717) is 19.5 Å². The van der Waals surface area contributed by atoms with Crippen LogP contribution < -0.4 is 10.5 Å². The van der Waals surface area contributed by atoms with Gasteiger partial charge < -0.3 is 10.0 Å². The Labute approximate surface area is 133 Å². The van der Waals surface area contributed by atoms with E-state index >= 15 is 0 Å². The summed E-state index contributed by atoms with van der Waals surface area (Å²) in [7, 11) is 0. The first kappa shape index (κ1) is 14.0. The molecule has 2 fully saturated rings. The fraction of sp³-hybridized carbons (Fsp3) is 0.294. The van der Waals surface area contributed by atoms with Gasteiger partial charge >= 0.3 is 6.03 Å². The van der Waals surface area contributed by atoms with Crippen LogP contribution in [-0.4, -0.2) is 45.8 Å². The summed E-state index contributed by atoms with van der Waals surface area (Å²) in [5, 5.41) is 9.95. The van der Waals surface area contributed by atoms with Crippen LogP contribution in [0, 0.1) is 0 Å². The van der Waals surface area contributed by atoms with Crippen molar-refractivity contribution in [1.29, 1.82) is 0 Å². The van der Waals surface area contributed by atoms with Crippen molar-refractivity contribution in [3.8, 4) is 5.69 Å². The first-order valence-corrected chi connectivity index (χ1v) is 7.69. The molecule has 0 spiro atoms. The number of aromatic nitrogens is 1. The smallest absolute Gasteiger partial charge is 0.324 e. The lowest BCUT2D eigenvalue weighted by Gasteiger charge is -2.18. The Hall–Kier alpha value is -2.60. The van der Waals surface area contributed by atoms with E-state index in [1.54, 1.807) is 32.7 Å². The van der Waals surface area contributed by atoms with Gasteiger partial charge in [-0.3, -0.25) is 14.3 Å². The summed E-state index contributed by atoms with van der Waals surface area (Å²) < 4.78 is 1.55. The van der Waals surface area contributed by atoms with Gasteiger partial charge in [0.1, 0.15) is 0 Å². The maximum absolute atomic E-state index is 12.4. The highest BCUT2D eigenvalue weighted by atomic mass is 16.3. The zero-order valence-electron chi connectivity index (χ0n) is 12.5. The molecule has 1 aromatic heterocycles. The number of rotatable bonds is 2. The van der Waals surface area contributed by atoms with Crippen LogP contribution in [0.2, 0.25) is 0 Å². The van der Waals surface area contributed by atoms with Crippen LogP contribution in [0.15, 0.2) is 53.5 Å². The summed E-state index contributed by atoms with van der Waals surface area (Å²) >= 11 is 0. The number of nitrogens with zero attached hydrogens (tertiary/aromatic N) is 3. The third-order valence-electron chi connectivity index (χ3n) is 4.62. The number of benzene rings is 1. The maximum Gasteiger partial charge on any atom is 0.324 e. The summed E-state index contributed by atoms with van der Waals surface area (Å²) in [6.07, 6.45) is 1.93. The molecule has 4 rings (SSSR count). The van der Waals surface area contributed by atoms with Gasteiger partial charge in [-0.05, 0) is 36.8 Å². The lowest BCUT2D eigenvalue weighted by atomic mass is 10.1. The van der Waals surface area contributed by atoms with Gasteiger partial charge in [0.15, 0.2) is 0 Å². The van der Waals surface area contributed by atoms with E-state index in [2.05, 4.69) is 0 Å². The highest BCUT2D eigenvalue weighted by Gasteiger charge is 2.45. The average molecular weight is 311 g/mol. The number of pyridine rings is 1. The van der Waals surface area contributed by atoms with E-state index in [1.807, 2.05) is 24.3 Å². The molecule has 0 saturated carbocycles. The molecule has 2 amide bonds. The largest absolute Gasteiger partial charge is 0.391 e. The highest BCUT2D eigenvalue weighted by Crippen LogP contribution is 2.30. The average Bonchev–Trinajstić information content (AvgIpc) is 3.09. The van der Waals surface area contributed by atoms with Gasteiger partial charge in [-0.1, -0.05) is 6.07 Å². The van der Waals surface area contributed by atoms with Gasteiger partial charge in [0.05, 0.1) is 18.7 Å². The molecule has 2 saturated heterocycles. The van der Waals surface area contributed by atoms with E-state index in [4.69, 9.17) is 0 Å². The lowest BCUT2D eigenvalue weighted by molar-refractivity contribution is 0.144. The number of urea groups is 1. The second-order valence-corrected chi connectivity index (χ2v) is 5.94. The van der Waals surface area contributed by atoms with Crippen LogP contribution in [0.5, 0.6) is 0 Å². The molecule has 1 aromatic carbocycles. The standard InChI is InChI=1S/C17H17N3O3/c21-15-8-10-19-14(15)11-20(17(19)23)13-6-4-12(5-7-13)18-9-2-1-3-16(18)22/h1-7,9,14-15,21H,8,10-11H2/t14?,15-/m0/s1. The van der Waals surface area contributed by atoms with Crippen molar-refractivity contribution < 1.29 is 9.90 Å². The van der Waals surface area contributed by atoms with Crippen molar-refractivity contribution in [2.45, 2.75) is 18.6 Å². The van der Waals surface area contributed by atoms with Crippen molar-refractivity contribution >= 4 is 11.7 Å². The minimum absolute atomic E-state index is 0.0591. The number of fused-ring (bicyclic) bond motifs is 1. The van der Waals surface area contributed by atoms with Crippen LogP contribution in [0.1, 0.15) is 6.42 Å². The number of amides is 2. The molecule has 0 bridgehead atoms. The molecule has 1 N–H and O–H groups in total. The molecule has 2 atom stereocenters. The Morgan fingerprint density at radius 1 is 1.00 bits per heavy atom. The normalized spacial score (nSPS) is 23.4. The third-order valence-corrected chi connectivity index (χ3v) is 4.62. The van der Waals surface area contributed by atoms with E-state index in [1.165, 1.54) is 6.07 Å². The van der Waals surface area contributed by atoms with Crippen molar-refractivity contribution in [3.05, 3.63) is 59.0 Å². The van der Waals surface area contributed by atoms with Gasteiger partial charge in [-0.25, -0.2) is 4.79 Å². The van der Waals surface area contributed by atoms with Gasteiger partial charge in [-0.15, -0.1) is 0 Å². The SMILES string of the molecule is O=C1N(c2ccc(-n3ccccc3=O)cc2)CC2[C@@H](O)CCN12. The highest BCUT2D eigenvalue weighted by molar-refractivity contribution is 5.95. The minimum Gasteiger partial charge on any atom is -0.391 e. The molecule has 2 aliphatic heterocycles. The van der Waals surface area contributed by atoms with Crippen molar-refractivity contribution in [2.24, 2.45) is 0 Å². The maximum atomic E-state index is 12.4. The van der Waals surface area contributed by atoms with E-state index in [-0.39, 0.29) is 17.6 Å². The van der Waals surface area contributed by atoms with Crippen molar-refractivity contribution in [2.75, 3.05) is 18.0 Å². The quantitative estimate of drug-likeness (QED) is 0.907. The van der Waals surface area contributed by atoms with Crippen LogP contribution >= 0.6 is 0 Å². The van der Waals surface area contributed by atoms with Crippen LogP contribution in [-0.2, 0) is 0 Å².